The van der Waals surface area contributed by atoms with Gasteiger partial charge in [-0.3, -0.25) is 9.69 Å². The van der Waals surface area contributed by atoms with Gasteiger partial charge in [0.1, 0.15) is 5.82 Å². The molecule has 0 radical (unpaired) electrons. The van der Waals surface area contributed by atoms with Crippen LogP contribution < -0.4 is 10.2 Å². The largest absolute Gasteiger partial charge is 0.353 e. The Morgan fingerprint density at radius 1 is 1.16 bits per heavy atom. The molecule has 1 aliphatic carbocycles. The highest BCUT2D eigenvalue weighted by molar-refractivity contribution is 7.13. The maximum atomic E-state index is 11.6. The number of piperazine rings is 1. The highest BCUT2D eigenvalue weighted by atomic mass is 32.1. The van der Waals surface area contributed by atoms with Gasteiger partial charge in [-0.1, -0.05) is 44.2 Å². The predicted molar refractivity (Wildman–Crippen MR) is 133 cm³/mol. The minimum Gasteiger partial charge on any atom is -0.353 e. The highest BCUT2D eigenvalue weighted by Gasteiger charge is 2.39. The van der Waals surface area contributed by atoms with Crippen molar-refractivity contribution >= 4 is 33.3 Å². The number of carbonyl (C=O) groups excluding carboxylic acids is 1. The van der Waals surface area contributed by atoms with Crippen LogP contribution in [0.2, 0.25) is 0 Å². The lowest BCUT2D eigenvalue weighted by Gasteiger charge is -2.35. The van der Waals surface area contributed by atoms with Crippen molar-refractivity contribution in [2.45, 2.75) is 45.1 Å². The minimum absolute atomic E-state index is 0.0288. The standard InChI is InChI=1S/C26H32N4OS/c1-18(31)27-24-17-20-9-8-19(16-22(20)26(24,2)3)10-11-29-12-14-30(15-13-29)25-21-6-4-5-7-23(21)32-28-25/h4-9,16,24H,10-15,17H2,1-3H3,(H,27,31). The van der Waals surface area contributed by atoms with Crippen molar-refractivity contribution in [2.24, 2.45) is 0 Å². The molecule has 168 valence electrons. The van der Waals surface area contributed by atoms with Crippen LogP contribution in [-0.2, 0) is 23.1 Å². The van der Waals surface area contributed by atoms with E-state index in [1.165, 1.54) is 26.8 Å². The van der Waals surface area contributed by atoms with Gasteiger partial charge in [-0.05, 0) is 53.2 Å². The number of hydrogen-bond acceptors (Lipinski definition) is 5. The Labute approximate surface area is 194 Å². The van der Waals surface area contributed by atoms with Gasteiger partial charge in [0, 0.05) is 56.5 Å². The van der Waals surface area contributed by atoms with E-state index in [0.717, 1.165) is 51.4 Å². The van der Waals surface area contributed by atoms with Crippen molar-refractivity contribution in [3.63, 3.8) is 0 Å². The summed E-state index contributed by atoms with van der Waals surface area (Å²) in [5.74, 6) is 1.21. The van der Waals surface area contributed by atoms with Crippen molar-refractivity contribution in [1.82, 2.24) is 14.6 Å². The molecule has 6 heteroatoms. The summed E-state index contributed by atoms with van der Waals surface area (Å²) >= 11 is 1.60. The van der Waals surface area contributed by atoms with Gasteiger partial charge in [0.15, 0.2) is 0 Å². The number of rotatable bonds is 5. The molecular formula is C26H32N4OS. The predicted octanol–water partition coefficient (Wildman–Crippen LogP) is 4.00. The second kappa shape index (κ2) is 8.49. The fourth-order valence-electron chi connectivity index (χ4n) is 5.27. The first-order chi connectivity index (χ1) is 15.4. The zero-order chi connectivity index (χ0) is 22.3. The topological polar surface area (TPSA) is 48.5 Å². The number of nitrogens with one attached hydrogen (secondary N) is 1. The van der Waals surface area contributed by atoms with Crippen LogP contribution in [0.25, 0.3) is 10.1 Å². The van der Waals surface area contributed by atoms with Gasteiger partial charge in [0.2, 0.25) is 5.91 Å². The molecule has 1 saturated heterocycles. The minimum atomic E-state index is -0.0288. The van der Waals surface area contributed by atoms with Crippen LogP contribution in [0.4, 0.5) is 5.82 Å². The van der Waals surface area contributed by atoms with E-state index in [2.05, 4.69) is 71.4 Å². The molecule has 5 rings (SSSR count). The SMILES string of the molecule is CC(=O)NC1Cc2ccc(CCN3CCN(c4nsc5ccccc45)CC3)cc2C1(C)C. The molecule has 32 heavy (non-hydrogen) atoms. The lowest BCUT2D eigenvalue weighted by molar-refractivity contribution is -0.120. The maximum Gasteiger partial charge on any atom is 0.217 e. The summed E-state index contributed by atoms with van der Waals surface area (Å²) in [5.41, 5.74) is 4.14. The number of amides is 1. The molecule has 0 bridgehead atoms. The van der Waals surface area contributed by atoms with E-state index in [1.807, 2.05) is 0 Å². The Morgan fingerprint density at radius 3 is 2.72 bits per heavy atom. The molecule has 5 nitrogen and oxygen atoms in total. The second-order valence-corrected chi connectivity index (χ2v) is 10.6. The molecule has 2 aromatic carbocycles. The molecule has 1 unspecified atom stereocenters. The van der Waals surface area contributed by atoms with Gasteiger partial charge in [-0.2, -0.15) is 4.37 Å². The lowest BCUT2D eigenvalue weighted by Crippen LogP contribution is -2.47. The summed E-state index contributed by atoms with van der Waals surface area (Å²) in [6.07, 6.45) is 1.99. The number of fused-ring (bicyclic) bond motifs is 2. The fraction of sp³-hybridized carbons (Fsp3) is 0.462. The average molecular weight is 449 g/mol. The quantitative estimate of drug-likeness (QED) is 0.641. The Bertz CT molecular complexity index is 1130. The number of carbonyl (C=O) groups is 1. The Hall–Kier alpha value is -2.44. The second-order valence-electron chi connectivity index (χ2n) is 9.75. The van der Waals surface area contributed by atoms with Gasteiger partial charge in [-0.25, -0.2) is 0 Å². The third-order valence-corrected chi connectivity index (χ3v) is 8.11. The van der Waals surface area contributed by atoms with Crippen LogP contribution in [-0.4, -0.2) is 53.9 Å². The van der Waals surface area contributed by atoms with E-state index in [9.17, 15) is 4.79 Å². The summed E-state index contributed by atoms with van der Waals surface area (Å²) in [6.45, 7) is 11.4. The highest BCUT2D eigenvalue weighted by Crippen LogP contribution is 2.39. The van der Waals surface area contributed by atoms with Gasteiger partial charge in [-0.15, -0.1) is 0 Å². The molecule has 0 spiro atoms. The van der Waals surface area contributed by atoms with Crippen molar-refractivity contribution < 1.29 is 4.79 Å². The number of hydrogen-bond donors (Lipinski definition) is 1. The van der Waals surface area contributed by atoms with Gasteiger partial charge in [0.25, 0.3) is 0 Å². The van der Waals surface area contributed by atoms with Crippen molar-refractivity contribution in [1.29, 1.82) is 0 Å². The molecule has 1 atom stereocenters. The Kier molecular flexibility index (Phi) is 5.68. The molecule has 0 saturated carbocycles. The van der Waals surface area contributed by atoms with Gasteiger partial charge >= 0.3 is 0 Å². The van der Waals surface area contributed by atoms with Crippen molar-refractivity contribution in [2.75, 3.05) is 37.6 Å². The van der Waals surface area contributed by atoms with Crippen LogP contribution in [0.15, 0.2) is 42.5 Å². The number of benzene rings is 2. The Morgan fingerprint density at radius 2 is 1.94 bits per heavy atom. The first-order valence-electron chi connectivity index (χ1n) is 11.6. The maximum absolute atomic E-state index is 11.6. The zero-order valence-corrected chi connectivity index (χ0v) is 20.0. The Balaban J connectivity index is 1.19. The van der Waals surface area contributed by atoms with E-state index in [4.69, 9.17) is 4.37 Å². The normalized spacial score (nSPS) is 20.5. The summed E-state index contributed by atoms with van der Waals surface area (Å²) in [6, 6.07) is 15.7. The zero-order valence-electron chi connectivity index (χ0n) is 19.2. The number of anilines is 1. The van der Waals surface area contributed by atoms with E-state index in [-0.39, 0.29) is 17.4 Å². The molecule has 1 aromatic heterocycles. The summed E-state index contributed by atoms with van der Waals surface area (Å²) < 4.78 is 6.00. The summed E-state index contributed by atoms with van der Waals surface area (Å²) in [4.78, 5) is 16.6. The third-order valence-electron chi connectivity index (χ3n) is 7.29. The van der Waals surface area contributed by atoms with Crippen LogP contribution in [0.3, 0.4) is 0 Å². The van der Waals surface area contributed by atoms with E-state index in [0.29, 0.717) is 0 Å². The molecule has 2 heterocycles. The van der Waals surface area contributed by atoms with E-state index >= 15 is 0 Å². The summed E-state index contributed by atoms with van der Waals surface area (Å²) in [5, 5.41) is 4.43. The number of nitrogens with zero attached hydrogens (tertiary/aromatic N) is 3. The first-order valence-corrected chi connectivity index (χ1v) is 12.4. The van der Waals surface area contributed by atoms with Crippen molar-refractivity contribution in [3.05, 3.63) is 59.2 Å². The first kappa shape index (κ1) is 21.4. The molecule has 1 amide bonds. The number of aromatic nitrogens is 1. The van der Waals surface area contributed by atoms with Crippen molar-refractivity contribution in [3.8, 4) is 0 Å². The van der Waals surface area contributed by atoms with Crippen LogP contribution in [0.5, 0.6) is 0 Å². The third kappa shape index (κ3) is 4.02. The molecule has 3 aromatic rings. The fourth-order valence-corrected chi connectivity index (χ4v) is 6.06. The average Bonchev–Trinajstić information content (AvgIpc) is 3.31. The smallest absolute Gasteiger partial charge is 0.217 e. The van der Waals surface area contributed by atoms with Gasteiger partial charge in [0.05, 0.1) is 4.70 Å². The van der Waals surface area contributed by atoms with Crippen LogP contribution in [0, 0.1) is 0 Å². The van der Waals surface area contributed by atoms with E-state index in [1.54, 1.807) is 18.5 Å². The molecule has 1 fully saturated rings. The molecule has 2 aliphatic rings. The van der Waals surface area contributed by atoms with E-state index < -0.39 is 0 Å². The lowest BCUT2D eigenvalue weighted by atomic mass is 9.82. The summed E-state index contributed by atoms with van der Waals surface area (Å²) in [7, 11) is 0. The van der Waals surface area contributed by atoms with Crippen LogP contribution in [0.1, 0.15) is 37.5 Å². The molecule has 1 N–H and O–H groups in total. The molecule has 1 aliphatic heterocycles. The van der Waals surface area contributed by atoms with Crippen LogP contribution >= 0.6 is 11.5 Å². The van der Waals surface area contributed by atoms with Gasteiger partial charge < -0.3 is 10.2 Å². The monoisotopic (exact) mass is 448 g/mol. The molecular weight excluding hydrogens is 416 g/mol.